The maximum atomic E-state index is 11.8. The Hall–Kier alpha value is -2.20. The van der Waals surface area contributed by atoms with Crippen molar-refractivity contribution in [3.63, 3.8) is 0 Å². The molecule has 0 saturated carbocycles. The Morgan fingerprint density at radius 1 is 1.75 bits per heavy atom. The molecule has 3 unspecified atom stereocenters. The number of aryl methyl sites for hydroxylation is 1. The number of hydrogen-bond acceptors (Lipinski definition) is 8. The van der Waals surface area contributed by atoms with E-state index in [4.69, 9.17) is 15.6 Å². The van der Waals surface area contributed by atoms with Gasteiger partial charge < -0.3 is 20.4 Å². The molecule has 1 fully saturated rings. The van der Waals surface area contributed by atoms with Crippen LogP contribution in [-0.4, -0.2) is 38.6 Å². The molecule has 10 heteroatoms. The summed E-state index contributed by atoms with van der Waals surface area (Å²) in [6, 6.07) is 0. The molecule has 10 nitrogen and oxygen atoms in total. The molecule has 1 aliphatic rings. The predicted octanol–water partition coefficient (Wildman–Crippen LogP) is -1.01. The molecule has 0 bridgehead atoms. The highest BCUT2D eigenvalue weighted by Crippen LogP contribution is 2.30. The van der Waals surface area contributed by atoms with Gasteiger partial charge in [0.15, 0.2) is 0 Å². The Morgan fingerprint density at radius 2 is 2.45 bits per heavy atom. The van der Waals surface area contributed by atoms with Gasteiger partial charge in [0.25, 0.3) is 5.09 Å². The summed E-state index contributed by atoms with van der Waals surface area (Å²) in [6.45, 7) is 1.22. The SMILES string of the molecule is Cc1cn(C2CC(O[N+](=O)[O-])C(CO)O2)c(=O)nc1N. The van der Waals surface area contributed by atoms with Crippen molar-refractivity contribution in [3.05, 3.63) is 32.4 Å². The molecule has 20 heavy (non-hydrogen) atoms. The van der Waals surface area contributed by atoms with E-state index in [1.54, 1.807) is 6.92 Å². The van der Waals surface area contributed by atoms with Crippen LogP contribution in [0.25, 0.3) is 0 Å². The molecule has 0 aromatic carbocycles. The summed E-state index contributed by atoms with van der Waals surface area (Å²) in [5.74, 6) is 0.112. The summed E-state index contributed by atoms with van der Waals surface area (Å²) in [5.41, 5.74) is 5.46. The van der Waals surface area contributed by atoms with Crippen molar-refractivity contribution in [3.8, 4) is 0 Å². The second kappa shape index (κ2) is 5.43. The molecule has 110 valence electrons. The molecule has 1 aromatic heterocycles. The minimum atomic E-state index is -0.950. The lowest BCUT2D eigenvalue weighted by atomic mass is 10.2. The van der Waals surface area contributed by atoms with Crippen molar-refractivity contribution in [2.45, 2.75) is 31.8 Å². The standard InChI is InChI=1S/C10H14N4O6/c1-5-3-13(10(16)12-9(5)11)8-2-6(20-14(17)18)7(4-15)19-8/h3,6-8,15H,2,4H2,1H3,(H2,11,12,16). The Morgan fingerprint density at radius 3 is 3.05 bits per heavy atom. The van der Waals surface area contributed by atoms with E-state index in [2.05, 4.69) is 9.82 Å². The zero-order valence-electron chi connectivity index (χ0n) is 10.6. The molecule has 2 rings (SSSR count). The normalized spacial score (nSPS) is 25.6. The van der Waals surface area contributed by atoms with Crippen molar-refractivity contribution < 1.29 is 19.8 Å². The molecular formula is C10H14N4O6. The smallest absolute Gasteiger partial charge is 0.351 e. The Bertz CT molecular complexity index is 573. The molecule has 0 amide bonds. The quantitative estimate of drug-likeness (QED) is 0.529. The van der Waals surface area contributed by atoms with Gasteiger partial charge in [-0.25, -0.2) is 4.79 Å². The minimum absolute atomic E-state index is 0.0527. The van der Waals surface area contributed by atoms with E-state index in [1.807, 2.05) is 0 Å². The number of nitrogen functional groups attached to an aromatic ring is 1. The van der Waals surface area contributed by atoms with Crippen LogP contribution in [0.3, 0.4) is 0 Å². The summed E-state index contributed by atoms with van der Waals surface area (Å²) in [7, 11) is 0. The predicted molar refractivity (Wildman–Crippen MR) is 65.1 cm³/mol. The third-order valence-corrected chi connectivity index (χ3v) is 3.07. The number of ether oxygens (including phenoxy) is 1. The summed E-state index contributed by atoms with van der Waals surface area (Å²) in [6.07, 6.45) is -1.11. The first-order valence-corrected chi connectivity index (χ1v) is 5.85. The molecule has 1 aliphatic heterocycles. The van der Waals surface area contributed by atoms with Gasteiger partial charge in [0, 0.05) is 18.2 Å². The van der Waals surface area contributed by atoms with Crippen molar-refractivity contribution in [2.24, 2.45) is 0 Å². The van der Waals surface area contributed by atoms with E-state index in [0.29, 0.717) is 5.56 Å². The summed E-state index contributed by atoms with van der Waals surface area (Å²) >= 11 is 0. The molecule has 0 aliphatic carbocycles. The second-order valence-corrected chi connectivity index (χ2v) is 4.41. The lowest BCUT2D eigenvalue weighted by molar-refractivity contribution is -0.769. The third kappa shape index (κ3) is 2.70. The number of aromatic nitrogens is 2. The van der Waals surface area contributed by atoms with Crippen molar-refractivity contribution >= 4 is 5.82 Å². The second-order valence-electron chi connectivity index (χ2n) is 4.41. The number of nitrogens with two attached hydrogens (primary N) is 1. The first-order chi connectivity index (χ1) is 9.42. The van der Waals surface area contributed by atoms with Crippen LogP contribution >= 0.6 is 0 Å². The van der Waals surface area contributed by atoms with Crippen LogP contribution in [0, 0.1) is 17.0 Å². The monoisotopic (exact) mass is 286 g/mol. The van der Waals surface area contributed by atoms with E-state index in [-0.39, 0.29) is 12.2 Å². The number of anilines is 1. The molecule has 0 spiro atoms. The Kier molecular flexibility index (Phi) is 3.86. The van der Waals surface area contributed by atoms with Crippen molar-refractivity contribution in [1.82, 2.24) is 9.55 Å². The summed E-state index contributed by atoms with van der Waals surface area (Å²) in [4.78, 5) is 30.2. The van der Waals surface area contributed by atoms with Crippen LogP contribution < -0.4 is 11.4 Å². The van der Waals surface area contributed by atoms with Gasteiger partial charge in [-0.15, -0.1) is 10.1 Å². The van der Waals surface area contributed by atoms with E-state index in [0.717, 1.165) is 0 Å². The largest absolute Gasteiger partial charge is 0.394 e. The molecular weight excluding hydrogens is 272 g/mol. The zero-order chi connectivity index (χ0) is 14.9. The number of aliphatic hydroxyl groups is 1. The van der Waals surface area contributed by atoms with Gasteiger partial charge in [0.2, 0.25) is 0 Å². The number of rotatable bonds is 4. The summed E-state index contributed by atoms with van der Waals surface area (Å²) in [5, 5.41) is 18.6. The molecule has 0 radical (unpaired) electrons. The Labute approximate surface area is 112 Å². The lowest BCUT2D eigenvalue weighted by Crippen LogP contribution is -2.29. The van der Waals surface area contributed by atoms with Gasteiger partial charge >= 0.3 is 5.69 Å². The number of aliphatic hydroxyl groups excluding tert-OH is 1. The van der Waals surface area contributed by atoms with E-state index < -0.39 is 35.8 Å². The first kappa shape index (κ1) is 14.2. The fourth-order valence-corrected chi connectivity index (χ4v) is 2.04. The maximum absolute atomic E-state index is 11.8. The molecule has 3 atom stereocenters. The van der Waals surface area contributed by atoms with Gasteiger partial charge in [0.1, 0.15) is 24.3 Å². The van der Waals surface area contributed by atoms with Crippen LogP contribution in [0.2, 0.25) is 0 Å². The molecule has 1 aromatic rings. The van der Waals surface area contributed by atoms with E-state index in [1.165, 1.54) is 10.8 Å². The molecule has 1 saturated heterocycles. The van der Waals surface area contributed by atoms with E-state index >= 15 is 0 Å². The fraction of sp³-hybridized carbons (Fsp3) is 0.600. The van der Waals surface area contributed by atoms with Crippen LogP contribution in [0.1, 0.15) is 18.2 Å². The number of nitrogens with zero attached hydrogens (tertiary/aromatic N) is 3. The fourth-order valence-electron chi connectivity index (χ4n) is 2.04. The molecule has 2 heterocycles. The van der Waals surface area contributed by atoms with Crippen LogP contribution in [0.5, 0.6) is 0 Å². The average molecular weight is 286 g/mol. The highest BCUT2D eigenvalue weighted by molar-refractivity contribution is 5.35. The summed E-state index contributed by atoms with van der Waals surface area (Å²) < 4.78 is 6.57. The maximum Gasteiger partial charge on any atom is 0.351 e. The minimum Gasteiger partial charge on any atom is -0.394 e. The average Bonchev–Trinajstić information content (AvgIpc) is 2.75. The van der Waals surface area contributed by atoms with Crippen LogP contribution in [0.15, 0.2) is 11.0 Å². The van der Waals surface area contributed by atoms with Crippen LogP contribution in [-0.2, 0) is 9.57 Å². The highest BCUT2D eigenvalue weighted by atomic mass is 17.0. The third-order valence-electron chi connectivity index (χ3n) is 3.07. The van der Waals surface area contributed by atoms with E-state index in [9.17, 15) is 14.9 Å². The van der Waals surface area contributed by atoms with Crippen molar-refractivity contribution in [2.75, 3.05) is 12.3 Å². The first-order valence-electron chi connectivity index (χ1n) is 5.85. The van der Waals surface area contributed by atoms with Gasteiger partial charge in [-0.2, -0.15) is 4.98 Å². The highest BCUT2D eigenvalue weighted by Gasteiger charge is 2.39. The van der Waals surface area contributed by atoms with Gasteiger partial charge in [-0.3, -0.25) is 4.57 Å². The van der Waals surface area contributed by atoms with Gasteiger partial charge in [-0.05, 0) is 6.92 Å². The Balaban J connectivity index is 2.25. The lowest BCUT2D eigenvalue weighted by Gasteiger charge is -2.15. The molecule has 3 N–H and O–H groups in total. The number of hydrogen-bond donors (Lipinski definition) is 2. The zero-order valence-corrected chi connectivity index (χ0v) is 10.6. The van der Waals surface area contributed by atoms with Crippen molar-refractivity contribution in [1.29, 1.82) is 0 Å². The van der Waals surface area contributed by atoms with Gasteiger partial charge in [-0.1, -0.05) is 0 Å². The van der Waals surface area contributed by atoms with Gasteiger partial charge in [0.05, 0.1) is 6.61 Å². The topological polar surface area (TPSA) is 143 Å². The van der Waals surface area contributed by atoms with Crippen LogP contribution in [0.4, 0.5) is 5.82 Å².